The van der Waals surface area contributed by atoms with Crippen LogP contribution in [-0.2, 0) is 5.41 Å². The van der Waals surface area contributed by atoms with Gasteiger partial charge in [0.2, 0.25) is 0 Å². The highest BCUT2D eigenvalue weighted by atomic mass is 32.1. The number of rotatable bonds is 4. The molecule has 0 radical (unpaired) electrons. The van der Waals surface area contributed by atoms with E-state index in [2.05, 4.69) is 30.7 Å². The summed E-state index contributed by atoms with van der Waals surface area (Å²) in [6.45, 7) is 10.2. The van der Waals surface area contributed by atoms with Crippen LogP contribution in [0, 0.1) is 13.8 Å². The summed E-state index contributed by atoms with van der Waals surface area (Å²) in [5, 5.41) is 0.516. The fraction of sp³-hybridized carbons (Fsp3) is 0.250. The maximum Gasteiger partial charge on any atom is 0.334 e. The van der Waals surface area contributed by atoms with E-state index in [1.165, 1.54) is 15.9 Å². The van der Waals surface area contributed by atoms with Gasteiger partial charge >= 0.3 is 5.69 Å². The van der Waals surface area contributed by atoms with Gasteiger partial charge in [-0.2, -0.15) is 0 Å². The standard InChI is InChI=1S/C28H28N4O3S/c1-16-14-31(15-29-16)21-12-7-18(13-22(21)35-6)24-17(2)23-25(36-24)30-27(34)32(26(23)33)20-10-8-19(9-11-20)28(3,4)5/h7-15H,1-6H3,(H,30,34). The smallest absolute Gasteiger partial charge is 0.334 e. The number of aromatic nitrogens is 4. The number of hydrogen-bond donors (Lipinski definition) is 1. The molecular formula is C28H28N4O3S. The number of imidazole rings is 1. The van der Waals surface area contributed by atoms with Crippen LogP contribution in [0.5, 0.6) is 5.75 Å². The largest absolute Gasteiger partial charge is 0.495 e. The number of aryl methyl sites for hydroxylation is 2. The molecule has 0 saturated carbocycles. The molecule has 0 atom stereocenters. The van der Waals surface area contributed by atoms with E-state index in [0.29, 0.717) is 21.7 Å². The molecule has 3 heterocycles. The van der Waals surface area contributed by atoms with Crippen molar-refractivity contribution in [3.05, 3.63) is 92.6 Å². The molecule has 5 aromatic rings. The zero-order valence-electron chi connectivity index (χ0n) is 21.2. The molecule has 5 rings (SSSR count). The number of H-pyrrole nitrogens is 1. The van der Waals surface area contributed by atoms with Crippen molar-refractivity contribution < 1.29 is 4.74 Å². The lowest BCUT2D eigenvalue weighted by molar-refractivity contribution is 0.413. The van der Waals surface area contributed by atoms with Crippen molar-refractivity contribution in [2.24, 2.45) is 0 Å². The average molecular weight is 501 g/mol. The number of thiophene rings is 1. The summed E-state index contributed by atoms with van der Waals surface area (Å²) in [7, 11) is 1.63. The molecule has 184 valence electrons. The molecule has 0 aliphatic heterocycles. The summed E-state index contributed by atoms with van der Waals surface area (Å²) >= 11 is 1.40. The van der Waals surface area contributed by atoms with Crippen LogP contribution >= 0.6 is 11.3 Å². The minimum absolute atomic E-state index is 0.0218. The van der Waals surface area contributed by atoms with E-state index >= 15 is 0 Å². The van der Waals surface area contributed by atoms with Crippen LogP contribution in [0.2, 0.25) is 0 Å². The molecule has 36 heavy (non-hydrogen) atoms. The average Bonchev–Trinajstić information content (AvgIpc) is 3.41. The minimum atomic E-state index is -0.452. The fourth-order valence-electron chi connectivity index (χ4n) is 4.42. The Morgan fingerprint density at radius 2 is 1.75 bits per heavy atom. The van der Waals surface area contributed by atoms with Crippen LogP contribution in [0.4, 0.5) is 0 Å². The van der Waals surface area contributed by atoms with Gasteiger partial charge < -0.3 is 9.30 Å². The van der Waals surface area contributed by atoms with Crippen LogP contribution in [0.15, 0.2) is 64.6 Å². The third-order valence-electron chi connectivity index (χ3n) is 6.41. The molecule has 0 bridgehead atoms. The third kappa shape index (κ3) is 3.97. The second-order valence-electron chi connectivity index (χ2n) is 9.94. The maximum atomic E-state index is 13.6. The van der Waals surface area contributed by atoms with Gasteiger partial charge in [-0.3, -0.25) is 9.78 Å². The SMILES string of the molecule is COc1cc(-c2sc3[nH]c(=O)n(-c4ccc(C(C)(C)C)cc4)c(=O)c3c2C)ccc1-n1cnc(C)c1. The first-order valence-corrected chi connectivity index (χ1v) is 12.5. The number of benzene rings is 2. The van der Waals surface area contributed by atoms with Gasteiger partial charge in [0.15, 0.2) is 0 Å². The second kappa shape index (κ2) is 8.64. The van der Waals surface area contributed by atoms with E-state index < -0.39 is 5.69 Å². The van der Waals surface area contributed by atoms with Gasteiger partial charge in [0.1, 0.15) is 10.6 Å². The topological polar surface area (TPSA) is 81.9 Å². The van der Waals surface area contributed by atoms with E-state index in [1.54, 1.807) is 13.4 Å². The monoisotopic (exact) mass is 500 g/mol. The highest BCUT2D eigenvalue weighted by molar-refractivity contribution is 7.22. The van der Waals surface area contributed by atoms with E-state index in [1.807, 2.05) is 67.1 Å². The Morgan fingerprint density at radius 1 is 1.03 bits per heavy atom. The molecule has 0 amide bonds. The summed E-state index contributed by atoms with van der Waals surface area (Å²) in [4.78, 5) is 35.3. The van der Waals surface area contributed by atoms with Gasteiger partial charge in [-0.15, -0.1) is 11.3 Å². The van der Waals surface area contributed by atoms with Crippen LogP contribution < -0.4 is 16.0 Å². The molecule has 8 heteroatoms. The van der Waals surface area contributed by atoms with Crippen LogP contribution in [0.3, 0.4) is 0 Å². The minimum Gasteiger partial charge on any atom is -0.495 e. The number of methoxy groups -OCH3 is 1. The van der Waals surface area contributed by atoms with Crippen LogP contribution in [0.25, 0.3) is 32.0 Å². The molecule has 7 nitrogen and oxygen atoms in total. The van der Waals surface area contributed by atoms with Gasteiger partial charge in [-0.05, 0) is 60.2 Å². The molecule has 2 aromatic carbocycles. The van der Waals surface area contributed by atoms with Gasteiger partial charge in [0, 0.05) is 11.1 Å². The summed E-state index contributed by atoms with van der Waals surface area (Å²) in [6, 6.07) is 13.5. The predicted octanol–water partition coefficient (Wildman–Crippen LogP) is 5.52. The Balaban J connectivity index is 1.63. The molecule has 0 spiro atoms. The number of nitrogens with one attached hydrogen (secondary N) is 1. The van der Waals surface area contributed by atoms with E-state index in [4.69, 9.17) is 4.74 Å². The van der Waals surface area contributed by atoms with E-state index in [-0.39, 0.29) is 11.0 Å². The second-order valence-corrected chi connectivity index (χ2v) is 11.0. The molecule has 3 aromatic heterocycles. The van der Waals surface area contributed by atoms with Crippen LogP contribution in [0.1, 0.15) is 37.6 Å². The fourth-order valence-corrected chi connectivity index (χ4v) is 5.61. The zero-order valence-corrected chi connectivity index (χ0v) is 22.0. The number of nitrogens with zero attached hydrogens (tertiary/aromatic N) is 3. The lowest BCUT2D eigenvalue weighted by Gasteiger charge is -2.19. The molecule has 0 fully saturated rings. The molecule has 0 unspecified atom stereocenters. The van der Waals surface area contributed by atoms with Crippen LogP contribution in [-0.4, -0.2) is 26.2 Å². The Labute approximate surface area is 212 Å². The van der Waals surface area contributed by atoms with Crippen molar-refractivity contribution in [1.82, 2.24) is 19.1 Å². The first-order valence-electron chi connectivity index (χ1n) is 11.7. The lowest BCUT2D eigenvalue weighted by atomic mass is 9.87. The Morgan fingerprint density at radius 3 is 2.36 bits per heavy atom. The quantitative estimate of drug-likeness (QED) is 0.352. The number of fused-ring (bicyclic) bond motifs is 1. The first-order chi connectivity index (χ1) is 17.1. The Hall–Kier alpha value is -3.91. The molecule has 0 aliphatic rings. The number of aromatic amines is 1. The number of ether oxygens (including phenoxy) is 1. The Kier molecular flexibility index (Phi) is 5.71. The van der Waals surface area contributed by atoms with Crippen molar-refractivity contribution >= 4 is 21.6 Å². The third-order valence-corrected chi connectivity index (χ3v) is 7.67. The van der Waals surface area contributed by atoms with Crippen molar-refractivity contribution in [3.8, 4) is 27.6 Å². The summed E-state index contributed by atoms with van der Waals surface area (Å²) in [5.41, 5.74) is 4.40. The number of hydrogen-bond acceptors (Lipinski definition) is 5. The summed E-state index contributed by atoms with van der Waals surface area (Å²) in [6.07, 6.45) is 3.68. The highest BCUT2D eigenvalue weighted by Crippen LogP contribution is 2.38. The lowest BCUT2D eigenvalue weighted by Crippen LogP contribution is -2.33. The predicted molar refractivity (Wildman–Crippen MR) is 145 cm³/mol. The van der Waals surface area contributed by atoms with Gasteiger partial charge in [-0.1, -0.05) is 39.0 Å². The van der Waals surface area contributed by atoms with Gasteiger partial charge in [-0.25, -0.2) is 14.3 Å². The van der Waals surface area contributed by atoms with E-state index in [9.17, 15) is 9.59 Å². The maximum absolute atomic E-state index is 13.6. The summed E-state index contributed by atoms with van der Waals surface area (Å²) in [5.74, 6) is 0.687. The first kappa shape index (κ1) is 23.8. The van der Waals surface area contributed by atoms with E-state index in [0.717, 1.165) is 32.9 Å². The highest BCUT2D eigenvalue weighted by Gasteiger charge is 2.20. The van der Waals surface area contributed by atoms with Gasteiger partial charge in [0.25, 0.3) is 5.56 Å². The molecule has 0 saturated heterocycles. The van der Waals surface area contributed by atoms with Crippen molar-refractivity contribution in [1.29, 1.82) is 0 Å². The van der Waals surface area contributed by atoms with Gasteiger partial charge in [0.05, 0.1) is 35.9 Å². The molecule has 1 N–H and O–H groups in total. The summed E-state index contributed by atoms with van der Waals surface area (Å²) < 4.78 is 8.80. The Bertz CT molecular complexity index is 1710. The van der Waals surface area contributed by atoms with Crippen molar-refractivity contribution in [3.63, 3.8) is 0 Å². The molecule has 0 aliphatic carbocycles. The molecular weight excluding hydrogens is 472 g/mol. The normalized spacial score (nSPS) is 11.8. The van der Waals surface area contributed by atoms with Crippen molar-refractivity contribution in [2.45, 2.75) is 40.0 Å². The van der Waals surface area contributed by atoms with Crippen molar-refractivity contribution in [2.75, 3.05) is 7.11 Å². The zero-order chi connectivity index (χ0) is 25.8.